The highest BCUT2D eigenvalue weighted by Crippen LogP contribution is 2.32. The zero-order valence-corrected chi connectivity index (χ0v) is 14.3. The van der Waals surface area contributed by atoms with E-state index < -0.39 is 0 Å². The van der Waals surface area contributed by atoms with Crippen LogP contribution in [0.25, 0.3) is 0 Å². The van der Waals surface area contributed by atoms with Gasteiger partial charge in [-0.25, -0.2) is 0 Å². The van der Waals surface area contributed by atoms with Crippen LogP contribution in [0.5, 0.6) is 0 Å². The maximum absolute atomic E-state index is 12.5. The van der Waals surface area contributed by atoms with Gasteiger partial charge in [-0.3, -0.25) is 4.79 Å². The third-order valence-electron chi connectivity index (χ3n) is 3.86. The number of thiocarbonyl (C=S) groups is 1. The summed E-state index contributed by atoms with van der Waals surface area (Å²) in [6.45, 7) is 3.39. The fourth-order valence-electron chi connectivity index (χ4n) is 2.31. The van der Waals surface area contributed by atoms with Gasteiger partial charge in [-0.2, -0.15) is 0 Å². The first-order chi connectivity index (χ1) is 9.32. The molecule has 20 heavy (non-hydrogen) atoms. The van der Waals surface area contributed by atoms with Gasteiger partial charge in [0.05, 0.1) is 4.99 Å². The molecule has 1 heterocycles. The predicted molar refractivity (Wildman–Crippen MR) is 89.2 cm³/mol. The predicted octanol–water partition coefficient (Wildman–Crippen LogP) is 3.63. The molecule has 3 nitrogen and oxygen atoms in total. The van der Waals surface area contributed by atoms with E-state index in [0.29, 0.717) is 28.7 Å². The van der Waals surface area contributed by atoms with Crippen LogP contribution < -0.4 is 5.73 Å². The Morgan fingerprint density at radius 1 is 1.40 bits per heavy atom. The first-order valence-corrected chi connectivity index (χ1v) is 7.95. The largest absolute Gasteiger partial charge is 0.393 e. The third kappa shape index (κ3) is 3.32. The van der Waals surface area contributed by atoms with E-state index in [1.165, 1.54) is 0 Å². The number of carbonyl (C=O) groups excluding carboxylic acids is 1. The molecule has 1 aromatic rings. The number of benzene rings is 1. The van der Waals surface area contributed by atoms with Crippen molar-refractivity contribution in [2.45, 2.75) is 19.8 Å². The van der Waals surface area contributed by atoms with Gasteiger partial charge in [0, 0.05) is 33.6 Å². The van der Waals surface area contributed by atoms with Crippen LogP contribution in [0.3, 0.4) is 0 Å². The lowest BCUT2D eigenvalue weighted by Gasteiger charge is -2.38. The standard InChI is InChI=1S/C14H16BrClN2OS/c1-14(13(17)20)2-4-18(5-3-14)12(19)9-6-10(15)8-11(16)7-9/h6-8H,2-5H2,1H3,(H2,17,20). The lowest BCUT2D eigenvalue weighted by molar-refractivity contribution is 0.0670. The monoisotopic (exact) mass is 374 g/mol. The lowest BCUT2D eigenvalue weighted by Crippen LogP contribution is -2.46. The maximum Gasteiger partial charge on any atom is 0.253 e. The van der Waals surface area contributed by atoms with E-state index in [2.05, 4.69) is 22.9 Å². The van der Waals surface area contributed by atoms with Crippen molar-refractivity contribution >= 4 is 50.6 Å². The molecule has 0 bridgehead atoms. The molecule has 108 valence electrons. The Balaban J connectivity index is 2.10. The van der Waals surface area contributed by atoms with Crippen LogP contribution in [-0.4, -0.2) is 28.9 Å². The molecule has 0 spiro atoms. The van der Waals surface area contributed by atoms with Gasteiger partial charge in [-0.15, -0.1) is 0 Å². The zero-order chi connectivity index (χ0) is 14.9. The average molecular weight is 376 g/mol. The van der Waals surface area contributed by atoms with Crippen molar-refractivity contribution in [2.75, 3.05) is 13.1 Å². The van der Waals surface area contributed by atoms with Gasteiger partial charge in [-0.1, -0.05) is 46.7 Å². The van der Waals surface area contributed by atoms with Crippen molar-refractivity contribution in [2.24, 2.45) is 11.1 Å². The molecule has 6 heteroatoms. The molecule has 1 saturated heterocycles. The number of carbonyl (C=O) groups is 1. The topological polar surface area (TPSA) is 46.3 Å². The number of rotatable bonds is 2. The molecule has 1 amide bonds. The summed E-state index contributed by atoms with van der Waals surface area (Å²) in [5.41, 5.74) is 6.24. The summed E-state index contributed by atoms with van der Waals surface area (Å²) in [6.07, 6.45) is 1.60. The Hall–Kier alpha value is -0.650. The number of amides is 1. The highest BCUT2D eigenvalue weighted by molar-refractivity contribution is 9.10. The average Bonchev–Trinajstić information content (AvgIpc) is 2.37. The van der Waals surface area contributed by atoms with Crippen LogP contribution in [0.1, 0.15) is 30.1 Å². The highest BCUT2D eigenvalue weighted by atomic mass is 79.9. The van der Waals surface area contributed by atoms with Crippen LogP contribution in [0.2, 0.25) is 5.02 Å². The molecular weight excluding hydrogens is 360 g/mol. The van der Waals surface area contributed by atoms with E-state index in [-0.39, 0.29) is 11.3 Å². The number of piperidine rings is 1. The van der Waals surface area contributed by atoms with Gasteiger partial charge in [-0.05, 0) is 31.0 Å². The Bertz CT molecular complexity index is 536. The first-order valence-electron chi connectivity index (χ1n) is 6.37. The van der Waals surface area contributed by atoms with Crippen molar-refractivity contribution < 1.29 is 4.79 Å². The highest BCUT2D eigenvalue weighted by Gasteiger charge is 2.34. The molecule has 1 aromatic carbocycles. The molecule has 1 aliphatic rings. The molecule has 1 fully saturated rings. The van der Waals surface area contributed by atoms with Crippen LogP contribution >= 0.6 is 39.7 Å². The fourth-order valence-corrected chi connectivity index (χ4v) is 3.37. The Kier molecular flexibility index (Phi) is 4.72. The van der Waals surface area contributed by atoms with Crippen molar-refractivity contribution in [3.05, 3.63) is 33.3 Å². The van der Waals surface area contributed by atoms with Gasteiger partial charge in [0.2, 0.25) is 0 Å². The number of nitrogens with two attached hydrogens (primary N) is 1. The van der Waals surface area contributed by atoms with Crippen molar-refractivity contribution in [3.63, 3.8) is 0 Å². The lowest BCUT2D eigenvalue weighted by atomic mass is 9.80. The van der Waals surface area contributed by atoms with Crippen LogP contribution in [0.4, 0.5) is 0 Å². The molecule has 2 rings (SSSR count). The Morgan fingerprint density at radius 2 is 2.00 bits per heavy atom. The van der Waals surface area contributed by atoms with Gasteiger partial charge in [0.25, 0.3) is 5.91 Å². The summed E-state index contributed by atoms with van der Waals surface area (Å²) in [5.74, 6) is -0.00168. The SMILES string of the molecule is CC1(C(N)=S)CCN(C(=O)c2cc(Cl)cc(Br)c2)CC1. The van der Waals surface area contributed by atoms with Gasteiger partial charge >= 0.3 is 0 Å². The second-order valence-electron chi connectivity index (χ2n) is 5.38. The summed E-state index contributed by atoms with van der Waals surface area (Å²) < 4.78 is 0.804. The number of hydrogen-bond acceptors (Lipinski definition) is 2. The minimum atomic E-state index is -0.138. The molecule has 0 saturated carbocycles. The molecule has 0 unspecified atom stereocenters. The zero-order valence-electron chi connectivity index (χ0n) is 11.2. The van der Waals surface area contributed by atoms with Gasteiger partial charge in [0.15, 0.2) is 0 Å². The maximum atomic E-state index is 12.5. The normalized spacial score (nSPS) is 17.9. The van der Waals surface area contributed by atoms with Crippen molar-refractivity contribution in [3.8, 4) is 0 Å². The quantitative estimate of drug-likeness (QED) is 0.803. The Morgan fingerprint density at radius 3 is 2.50 bits per heavy atom. The van der Waals surface area contributed by atoms with E-state index in [1.807, 2.05) is 4.90 Å². The Labute approximate surface area is 137 Å². The smallest absolute Gasteiger partial charge is 0.253 e. The molecule has 0 aliphatic carbocycles. The molecule has 0 aromatic heterocycles. The second-order valence-corrected chi connectivity index (χ2v) is 7.17. The molecule has 1 aliphatic heterocycles. The van der Waals surface area contributed by atoms with E-state index in [9.17, 15) is 4.79 Å². The summed E-state index contributed by atoms with van der Waals surface area (Å²) in [5, 5.41) is 0.549. The van der Waals surface area contributed by atoms with E-state index >= 15 is 0 Å². The van der Waals surface area contributed by atoms with Crippen molar-refractivity contribution in [1.29, 1.82) is 0 Å². The summed E-state index contributed by atoms with van der Waals surface area (Å²) in [7, 11) is 0. The number of halogens is 2. The molecule has 2 N–H and O–H groups in total. The molecular formula is C14H16BrClN2OS. The fraction of sp³-hybridized carbons (Fsp3) is 0.429. The minimum Gasteiger partial charge on any atom is -0.393 e. The minimum absolute atomic E-state index is 0.00168. The van der Waals surface area contributed by atoms with Crippen LogP contribution in [-0.2, 0) is 0 Å². The second kappa shape index (κ2) is 6.00. The summed E-state index contributed by atoms with van der Waals surface area (Å²) >= 11 is 14.5. The van der Waals surface area contributed by atoms with E-state index in [0.717, 1.165) is 17.3 Å². The van der Waals surface area contributed by atoms with E-state index in [1.54, 1.807) is 18.2 Å². The van der Waals surface area contributed by atoms with Crippen molar-refractivity contribution in [1.82, 2.24) is 4.90 Å². The van der Waals surface area contributed by atoms with Crippen LogP contribution in [0, 0.1) is 5.41 Å². The molecule has 0 radical (unpaired) electrons. The first kappa shape index (κ1) is 15.7. The number of hydrogen-bond donors (Lipinski definition) is 1. The third-order valence-corrected chi connectivity index (χ3v) is 5.03. The summed E-state index contributed by atoms with van der Waals surface area (Å²) in [6, 6.07) is 5.24. The van der Waals surface area contributed by atoms with E-state index in [4.69, 9.17) is 29.6 Å². The van der Waals surface area contributed by atoms with Gasteiger partial charge < -0.3 is 10.6 Å². The number of nitrogens with zero attached hydrogens (tertiary/aromatic N) is 1. The van der Waals surface area contributed by atoms with Crippen LogP contribution in [0.15, 0.2) is 22.7 Å². The number of likely N-dealkylation sites (tertiary alicyclic amines) is 1. The summed E-state index contributed by atoms with van der Waals surface area (Å²) in [4.78, 5) is 14.8. The molecule has 0 atom stereocenters. The van der Waals surface area contributed by atoms with Gasteiger partial charge in [0.1, 0.15) is 0 Å².